The van der Waals surface area contributed by atoms with Crippen LogP contribution in [0.2, 0.25) is 5.02 Å². The molecule has 0 saturated carbocycles. The van der Waals surface area contributed by atoms with Crippen LogP contribution in [0.3, 0.4) is 0 Å². The summed E-state index contributed by atoms with van der Waals surface area (Å²) in [6, 6.07) is 0. The second-order valence-electron chi connectivity index (χ2n) is 2.47. The molecule has 0 aliphatic carbocycles. The fraction of sp³-hybridized carbons (Fsp3) is 0.250. The van der Waals surface area contributed by atoms with E-state index in [2.05, 4.69) is 16.2 Å². The molecular formula is C8H7ClN3. The molecule has 61 valence electrons. The molecule has 0 amide bonds. The van der Waals surface area contributed by atoms with E-state index in [9.17, 15) is 0 Å². The van der Waals surface area contributed by atoms with Gasteiger partial charge < -0.3 is 0 Å². The molecule has 0 aliphatic heterocycles. The van der Waals surface area contributed by atoms with Gasteiger partial charge in [-0.15, -0.1) is 0 Å². The number of hydrogen-bond donors (Lipinski definition) is 0. The maximum atomic E-state index is 5.74. The largest absolute Gasteiger partial charge is 0.280 e. The molecule has 2 aromatic heterocycles. The van der Waals surface area contributed by atoms with Gasteiger partial charge in [-0.1, -0.05) is 18.5 Å². The van der Waals surface area contributed by atoms with Crippen LogP contribution in [0.25, 0.3) is 5.78 Å². The van der Waals surface area contributed by atoms with E-state index in [1.807, 2.05) is 6.92 Å². The van der Waals surface area contributed by atoms with Crippen molar-refractivity contribution in [2.45, 2.75) is 13.3 Å². The van der Waals surface area contributed by atoms with Gasteiger partial charge >= 0.3 is 0 Å². The second-order valence-corrected chi connectivity index (χ2v) is 2.90. The Balaban J connectivity index is 2.67. The molecule has 2 heterocycles. The van der Waals surface area contributed by atoms with Crippen molar-refractivity contribution < 1.29 is 0 Å². The smallest absolute Gasteiger partial charge is 0.234 e. The first-order chi connectivity index (χ1) is 5.79. The fourth-order valence-corrected chi connectivity index (χ4v) is 1.15. The van der Waals surface area contributed by atoms with Crippen molar-refractivity contribution >= 4 is 17.4 Å². The number of halogens is 1. The van der Waals surface area contributed by atoms with E-state index in [4.69, 9.17) is 11.6 Å². The summed E-state index contributed by atoms with van der Waals surface area (Å²) in [7, 11) is 0. The van der Waals surface area contributed by atoms with E-state index in [0.717, 1.165) is 12.1 Å². The highest BCUT2D eigenvalue weighted by Crippen LogP contribution is 2.08. The number of aryl methyl sites for hydroxylation is 1. The minimum absolute atomic E-state index is 0.596. The predicted molar refractivity (Wildman–Crippen MR) is 46.2 cm³/mol. The molecule has 0 aliphatic rings. The van der Waals surface area contributed by atoms with E-state index in [1.165, 1.54) is 0 Å². The topological polar surface area (TPSA) is 30.2 Å². The van der Waals surface area contributed by atoms with Gasteiger partial charge in [-0.25, -0.2) is 9.97 Å². The third-order valence-corrected chi connectivity index (χ3v) is 1.79. The van der Waals surface area contributed by atoms with Gasteiger partial charge in [-0.05, 0) is 6.42 Å². The third kappa shape index (κ3) is 1.16. The Labute approximate surface area is 75.0 Å². The summed E-state index contributed by atoms with van der Waals surface area (Å²) in [6.07, 6.45) is 7.23. The standard InChI is InChI=1S/C8H7ClN3/c1-2-7-5-12-4-6(9)3-10-8(12)11-7/h3-4H,2H2,1H3. The Bertz CT molecular complexity index is 408. The third-order valence-electron chi connectivity index (χ3n) is 1.59. The van der Waals surface area contributed by atoms with Crippen LogP contribution < -0.4 is 0 Å². The van der Waals surface area contributed by atoms with E-state index < -0.39 is 0 Å². The SMILES string of the molecule is CCc1[c]n2cc(Cl)cnc2n1. The van der Waals surface area contributed by atoms with E-state index in [1.54, 1.807) is 16.8 Å². The number of fused-ring (bicyclic) bond motifs is 1. The zero-order valence-electron chi connectivity index (χ0n) is 6.58. The maximum Gasteiger partial charge on any atom is 0.234 e. The Hall–Kier alpha value is -1.09. The van der Waals surface area contributed by atoms with Crippen LogP contribution in [0.5, 0.6) is 0 Å². The van der Waals surface area contributed by atoms with Crippen molar-refractivity contribution in [3.05, 3.63) is 29.3 Å². The van der Waals surface area contributed by atoms with Gasteiger partial charge in [0.15, 0.2) is 0 Å². The van der Waals surface area contributed by atoms with E-state index in [-0.39, 0.29) is 0 Å². The lowest BCUT2D eigenvalue weighted by atomic mass is 10.4. The highest BCUT2D eigenvalue weighted by Gasteiger charge is 2.00. The van der Waals surface area contributed by atoms with Crippen LogP contribution in [-0.4, -0.2) is 14.4 Å². The van der Waals surface area contributed by atoms with Crippen molar-refractivity contribution in [2.24, 2.45) is 0 Å². The molecule has 0 atom stereocenters. The lowest BCUT2D eigenvalue weighted by molar-refractivity contribution is 1.06. The molecule has 0 bridgehead atoms. The summed E-state index contributed by atoms with van der Waals surface area (Å²) in [5.74, 6) is 0.649. The quantitative estimate of drug-likeness (QED) is 0.669. The van der Waals surface area contributed by atoms with Crippen LogP contribution in [-0.2, 0) is 6.42 Å². The zero-order valence-corrected chi connectivity index (χ0v) is 7.34. The summed E-state index contributed by atoms with van der Waals surface area (Å²) in [4.78, 5) is 8.25. The Morgan fingerprint density at radius 3 is 3.25 bits per heavy atom. The Morgan fingerprint density at radius 1 is 1.67 bits per heavy atom. The summed E-state index contributed by atoms with van der Waals surface area (Å²) in [5.41, 5.74) is 0.907. The highest BCUT2D eigenvalue weighted by molar-refractivity contribution is 6.30. The van der Waals surface area contributed by atoms with Crippen LogP contribution in [0.15, 0.2) is 12.4 Å². The van der Waals surface area contributed by atoms with Gasteiger partial charge in [0.25, 0.3) is 0 Å². The Kier molecular flexibility index (Phi) is 1.73. The maximum absolute atomic E-state index is 5.74. The van der Waals surface area contributed by atoms with Gasteiger partial charge in [0, 0.05) is 6.20 Å². The molecule has 0 saturated heterocycles. The van der Waals surface area contributed by atoms with Gasteiger partial charge in [0.1, 0.15) is 0 Å². The predicted octanol–water partition coefficient (Wildman–Crippen LogP) is 1.75. The van der Waals surface area contributed by atoms with Gasteiger partial charge in [-0.3, -0.25) is 4.40 Å². The van der Waals surface area contributed by atoms with Crippen LogP contribution in [0.1, 0.15) is 12.6 Å². The molecule has 0 aromatic carbocycles. The molecule has 0 N–H and O–H groups in total. The lowest BCUT2D eigenvalue weighted by Gasteiger charge is -1.89. The van der Waals surface area contributed by atoms with Crippen LogP contribution in [0, 0.1) is 6.20 Å². The molecular weight excluding hydrogens is 174 g/mol. The average molecular weight is 181 g/mol. The molecule has 3 nitrogen and oxygen atoms in total. The zero-order chi connectivity index (χ0) is 8.55. The molecule has 0 unspecified atom stereocenters. The van der Waals surface area contributed by atoms with Crippen LogP contribution in [0.4, 0.5) is 0 Å². The first-order valence-corrected chi connectivity index (χ1v) is 4.09. The van der Waals surface area contributed by atoms with Crippen molar-refractivity contribution in [1.29, 1.82) is 0 Å². The molecule has 0 spiro atoms. The highest BCUT2D eigenvalue weighted by atomic mass is 35.5. The monoisotopic (exact) mass is 180 g/mol. The van der Waals surface area contributed by atoms with E-state index >= 15 is 0 Å². The molecule has 0 fully saturated rings. The number of nitrogens with zero attached hydrogens (tertiary/aromatic N) is 3. The van der Waals surface area contributed by atoms with Crippen molar-refractivity contribution in [1.82, 2.24) is 14.4 Å². The molecule has 2 rings (SSSR count). The summed E-state index contributed by atoms with van der Waals surface area (Å²) in [6.45, 7) is 2.03. The first-order valence-electron chi connectivity index (χ1n) is 3.71. The molecule has 4 heteroatoms. The number of rotatable bonds is 1. The number of imidazole rings is 1. The van der Waals surface area contributed by atoms with Crippen molar-refractivity contribution in [2.75, 3.05) is 0 Å². The molecule has 1 radical (unpaired) electrons. The lowest BCUT2D eigenvalue weighted by Crippen LogP contribution is -1.85. The van der Waals surface area contributed by atoms with Gasteiger partial charge in [-0.2, -0.15) is 0 Å². The van der Waals surface area contributed by atoms with E-state index in [0.29, 0.717) is 10.8 Å². The van der Waals surface area contributed by atoms with Gasteiger partial charge in [0.2, 0.25) is 5.78 Å². The minimum atomic E-state index is 0.596. The summed E-state index contributed by atoms with van der Waals surface area (Å²) >= 11 is 5.74. The van der Waals surface area contributed by atoms with Crippen molar-refractivity contribution in [3.63, 3.8) is 0 Å². The second kappa shape index (κ2) is 2.75. The molecule has 2 aromatic rings. The number of hydrogen-bond acceptors (Lipinski definition) is 2. The first kappa shape index (κ1) is 7.55. The molecule has 12 heavy (non-hydrogen) atoms. The minimum Gasteiger partial charge on any atom is -0.280 e. The Morgan fingerprint density at radius 2 is 2.50 bits per heavy atom. The normalized spacial score (nSPS) is 10.8. The summed E-state index contributed by atoms with van der Waals surface area (Å²) in [5, 5.41) is 0.596. The summed E-state index contributed by atoms with van der Waals surface area (Å²) < 4.78 is 1.71. The average Bonchev–Trinajstić information content (AvgIpc) is 2.46. The number of aromatic nitrogens is 3. The fourth-order valence-electron chi connectivity index (χ4n) is 1.00. The van der Waals surface area contributed by atoms with Crippen molar-refractivity contribution in [3.8, 4) is 0 Å². The van der Waals surface area contributed by atoms with Crippen LogP contribution >= 0.6 is 11.6 Å². The van der Waals surface area contributed by atoms with Gasteiger partial charge in [0.05, 0.1) is 23.1 Å².